The van der Waals surface area contributed by atoms with Crippen molar-refractivity contribution in [2.45, 2.75) is 0 Å². The average molecular weight is 243 g/mol. The number of nitrogens with zero attached hydrogens (tertiary/aromatic N) is 3. The number of hydrogen-bond acceptors (Lipinski definition) is 4. The van der Waals surface area contributed by atoms with Crippen LogP contribution >= 0.6 is 0 Å². The molecule has 0 spiro atoms. The minimum absolute atomic E-state index is 0. The van der Waals surface area contributed by atoms with E-state index in [1.807, 2.05) is 12.1 Å². The van der Waals surface area contributed by atoms with E-state index >= 15 is 0 Å². The maximum absolute atomic E-state index is 5.09. The summed E-state index contributed by atoms with van der Waals surface area (Å²) in [5, 5.41) is 7.09. The van der Waals surface area contributed by atoms with Crippen molar-refractivity contribution in [2.24, 2.45) is 15.9 Å². The number of amidine groups is 1. The van der Waals surface area contributed by atoms with Crippen LogP contribution < -0.4 is 5.73 Å². The van der Waals surface area contributed by atoms with E-state index in [-0.39, 0.29) is 22.2 Å². The molecular formula is C7H7CuN4S+. The predicted molar refractivity (Wildman–Crippen MR) is 50.8 cm³/mol. The molecule has 0 amide bonds. The zero-order chi connectivity index (χ0) is 8.81. The van der Waals surface area contributed by atoms with Crippen molar-refractivity contribution in [1.82, 2.24) is 4.98 Å². The van der Waals surface area contributed by atoms with E-state index in [1.54, 1.807) is 12.3 Å². The van der Waals surface area contributed by atoms with Crippen LogP contribution in [0.15, 0.2) is 34.6 Å². The number of pyridine rings is 1. The number of aromatic nitrogens is 1. The van der Waals surface area contributed by atoms with Gasteiger partial charge in [-0.1, -0.05) is 6.07 Å². The third kappa shape index (κ3) is 5.30. The molecule has 0 saturated heterocycles. The van der Waals surface area contributed by atoms with Crippen LogP contribution in [0.1, 0.15) is 5.69 Å². The van der Waals surface area contributed by atoms with Gasteiger partial charge in [-0.05, 0) is 17.3 Å². The Bertz CT molecular complexity index is 295. The maximum atomic E-state index is 5.09. The molecule has 0 aliphatic rings. The van der Waals surface area contributed by atoms with Crippen molar-refractivity contribution in [3.05, 3.63) is 30.1 Å². The van der Waals surface area contributed by atoms with E-state index in [4.69, 9.17) is 5.73 Å². The molecule has 13 heavy (non-hydrogen) atoms. The van der Waals surface area contributed by atoms with E-state index in [1.165, 1.54) is 6.21 Å². The van der Waals surface area contributed by atoms with Crippen LogP contribution in [0.3, 0.4) is 0 Å². The number of nitrogens with two attached hydrogens (primary N) is 1. The van der Waals surface area contributed by atoms with E-state index in [0.29, 0.717) is 0 Å². The van der Waals surface area contributed by atoms with Gasteiger partial charge in [0.15, 0.2) is 0 Å². The maximum Gasteiger partial charge on any atom is 2.00 e. The van der Waals surface area contributed by atoms with Gasteiger partial charge in [0.1, 0.15) is 0 Å². The summed E-state index contributed by atoms with van der Waals surface area (Å²) in [5.41, 5.74) is 5.81. The minimum atomic E-state index is 0. The average Bonchev–Trinajstić information content (AvgIpc) is 2.05. The van der Waals surface area contributed by atoms with Crippen LogP contribution in [0, 0.1) is 0 Å². The first-order valence-electron chi connectivity index (χ1n) is 3.23. The second kappa shape index (κ2) is 6.54. The van der Waals surface area contributed by atoms with Gasteiger partial charge in [0.05, 0.1) is 11.9 Å². The molecule has 71 valence electrons. The molecule has 0 saturated carbocycles. The molecule has 1 aromatic rings. The first-order chi connectivity index (χ1) is 5.79. The molecule has 0 aromatic carbocycles. The summed E-state index contributed by atoms with van der Waals surface area (Å²) in [6, 6.07) is 5.48. The summed E-state index contributed by atoms with van der Waals surface area (Å²) in [4.78, 5) is 3.98. The molecule has 2 N–H and O–H groups in total. The van der Waals surface area contributed by atoms with E-state index in [9.17, 15) is 0 Å². The van der Waals surface area contributed by atoms with Gasteiger partial charge < -0.3 is 18.4 Å². The first-order valence-corrected chi connectivity index (χ1v) is 3.64. The van der Waals surface area contributed by atoms with E-state index in [2.05, 4.69) is 27.8 Å². The van der Waals surface area contributed by atoms with Gasteiger partial charge in [-0.3, -0.25) is 4.98 Å². The summed E-state index contributed by atoms with van der Waals surface area (Å²) in [5.74, 6) is 0. The standard InChI is InChI=1S/C7H8N4S.Cu/c8-7(12)11-10-5-6-3-1-2-4-9-6;/h1-5H,(H3,8,11,12);/q;+2/p-1/b10-5+;. The molecule has 0 unspecified atom stereocenters. The smallest absolute Gasteiger partial charge is 0.741 e. The molecule has 0 bridgehead atoms. The second-order valence-corrected chi connectivity index (χ2v) is 2.36. The Morgan fingerprint density at radius 1 is 1.54 bits per heavy atom. The van der Waals surface area contributed by atoms with Gasteiger partial charge in [0.2, 0.25) is 0 Å². The molecule has 0 fully saturated rings. The van der Waals surface area contributed by atoms with Crippen LogP contribution in [0.4, 0.5) is 0 Å². The fourth-order valence-corrected chi connectivity index (χ4v) is 0.644. The van der Waals surface area contributed by atoms with Crippen LogP contribution in [0.2, 0.25) is 0 Å². The van der Waals surface area contributed by atoms with Crippen molar-refractivity contribution in [1.29, 1.82) is 0 Å². The van der Waals surface area contributed by atoms with Crippen molar-refractivity contribution in [2.75, 3.05) is 0 Å². The summed E-state index contributed by atoms with van der Waals surface area (Å²) in [7, 11) is 0. The number of hydrogen-bond donors (Lipinski definition) is 1. The Kier molecular flexibility index (Phi) is 6.05. The van der Waals surface area contributed by atoms with Crippen molar-refractivity contribution >= 4 is 24.0 Å². The third-order valence-corrected chi connectivity index (χ3v) is 1.12. The van der Waals surface area contributed by atoms with Crippen molar-refractivity contribution in [3.63, 3.8) is 0 Å². The molecule has 0 aliphatic carbocycles. The van der Waals surface area contributed by atoms with Gasteiger partial charge in [-0.15, -0.1) is 0 Å². The Morgan fingerprint density at radius 3 is 2.85 bits per heavy atom. The van der Waals surface area contributed by atoms with Gasteiger partial charge in [0.25, 0.3) is 0 Å². The fraction of sp³-hybridized carbons (Fsp3) is 0. The Morgan fingerprint density at radius 2 is 2.31 bits per heavy atom. The van der Waals surface area contributed by atoms with E-state index < -0.39 is 0 Å². The molecule has 4 nitrogen and oxygen atoms in total. The second-order valence-electron chi connectivity index (χ2n) is 1.94. The van der Waals surface area contributed by atoms with Gasteiger partial charge >= 0.3 is 17.1 Å². The predicted octanol–water partition coefficient (Wildman–Crippen LogP) is 0.275. The van der Waals surface area contributed by atoms with Gasteiger partial charge in [-0.25, -0.2) is 0 Å². The molecule has 1 radical (unpaired) electrons. The van der Waals surface area contributed by atoms with Crippen LogP contribution in [0.25, 0.3) is 0 Å². The number of rotatable bonds is 2. The molecule has 1 rings (SSSR count). The molecule has 6 heteroatoms. The summed E-state index contributed by atoms with van der Waals surface area (Å²) < 4.78 is 0. The van der Waals surface area contributed by atoms with Gasteiger partial charge in [0, 0.05) is 6.20 Å². The quantitative estimate of drug-likeness (QED) is 0.266. The Hall–Kier alpha value is -0.971. The first kappa shape index (κ1) is 12.0. The van der Waals surface area contributed by atoms with Crippen LogP contribution in [-0.2, 0) is 29.7 Å². The van der Waals surface area contributed by atoms with Crippen LogP contribution in [-0.4, -0.2) is 16.4 Å². The zero-order valence-corrected chi connectivity index (χ0v) is 8.27. The van der Waals surface area contributed by atoms with Crippen LogP contribution in [0.5, 0.6) is 0 Å². The third-order valence-electron chi connectivity index (χ3n) is 1.03. The SMILES string of the molecule is N/C([S-])=N/N=C/c1ccccn1.[Cu+2]. The minimum Gasteiger partial charge on any atom is -0.741 e. The molecular weight excluding hydrogens is 236 g/mol. The Balaban J connectivity index is 0.00000144. The molecule has 1 heterocycles. The summed E-state index contributed by atoms with van der Waals surface area (Å²) in [6.45, 7) is 0. The zero-order valence-electron chi connectivity index (χ0n) is 6.52. The largest absolute Gasteiger partial charge is 2.00 e. The van der Waals surface area contributed by atoms with E-state index in [0.717, 1.165) is 5.69 Å². The molecule has 1 aromatic heterocycles. The molecule has 0 aliphatic heterocycles. The summed E-state index contributed by atoms with van der Waals surface area (Å²) >= 11 is 4.49. The molecule has 0 atom stereocenters. The van der Waals surface area contributed by atoms with Gasteiger partial charge in [-0.2, -0.15) is 10.2 Å². The fourth-order valence-electron chi connectivity index (χ4n) is 0.597. The monoisotopic (exact) mass is 242 g/mol. The normalized spacial score (nSPS) is 11.2. The van der Waals surface area contributed by atoms with Crippen molar-refractivity contribution < 1.29 is 17.1 Å². The van der Waals surface area contributed by atoms with Crippen molar-refractivity contribution in [3.8, 4) is 0 Å². The summed E-state index contributed by atoms with van der Waals surface area (Å²) in [6.07, 6.45) is 3.15. The Labute approximate surface area is 92.2 Å². The topological polar surface area (TPSA) is 63.6 Å².